The van der Waals surface area contributed by atoms with E-state index in [1.54, 1.807) is 18.4 Å². The number of carbonyl (C=O) groups is 1. The van der Waals surface area contributed by atoms with E-state index in [-0.39, 0.29) is 29.5 Å². The molecule has 200 valence electrons. The zero-order valence-corrected chi connectivity index (χ0v) is 24.3. The minimum absolute atomic E-state index is 0.0272. The first kappa shape index (κ1) is 26.2. The average Bonchev–Trinajstić information content (AvgIpc) is 3.72. The normalized spacial score (nSPS) is 23.6. The van der Waals surface area contributed by atoms with Crippen molar-refractivity contribution < 1.29 is 17.9 Å². The maximum absolute atomic E-state index is 13.1. The lowest BCUT2D eigenvalue weighted by Crippen LogP contribution is -2.39. The Labute approximate surface area is 241 Å². The Morgan fingerprint density at radius 1 is 1.10 bits per heavy atom. The molecule has 0 spiro atoms. The van der Waals surface area contributed by atoms with E-state index in [0.29, 0.717) is 15.6 Å². The highest BCUT2D eigenvalue weighted by molar-refractivity contribution is 8.26. The second-order valence-corrected chi connectivity index (χ2v) is 14.4. The van der Waals surface area contributed by atoms with Gasteiger partial charge >= 0.3 is 0 Å². The van der Waals surface area contributed by atoms with Crippen LogP contribution in [0.1, 0.15) is 34.9 Å². The molecule has 2 aromatic carbocycles. The van der Waals surface area contributed by atoms with Gasteiger partial charge in [-0.25, -0.2) is 8.42 Å². The number of methoxy groups -OCH3 is 1. The number of thiophene rings is 1. The molecule has 0 N–H and O–H groups in total. The monoisotopic (exact) mass is 595 g/mol. The van der Waals surface area contributed by atoms with Crippen molar-refractivity contribution in [2.75, 3.05) is 23.6 Å². The van der Waals surface area contributed by atoms with Gasteiger partial charge in [0.25, 0.3) is 5.91 Å². The molecule has 0 radical (unpaired) electrons. The molecule has 6 rings (SSSR count). The smallest absolute Gasteiger partial charge is 0.266 e. The molecule has 1 amide bonds. The van der Waals surface area contributed by atoms with E-state index in [1.165, 1.54) is 16.7 Å². The van der Waals surface area contributed by atoms with Gasteiger partial charge in [-0.3, -0.25) is 14.7 Å². The maximum Gasteiger partial charge on any atom is 0.266 e. The largest absolute Gasteiger partial charge is 0.497 e. The van der Waals surface area contributed by atoms with Crippen molar-refractivity contribution in [1.29, 1.82) is 0 Å². The Morgan fingerprint density at radius 2 is 1.87 bits per heavy atom. The van der Waals surface area contributed by atoms with Crippen LogP contribution in [-0.4, -0.2) is 53.9 Å². The quantitative estimate of drug-likeness (QED) is 0.275. The number of anilines is 1. The molecule has 2 saturated heterocycles. The van der Waals surface area contributed by atoms with E-state index in [4.69, 9.17) is 22.1 Å². The number of thioether (sulfide) groups is 1. The van der Waals surface area contributed by atoms with Crippen LogP contribution in [0.4, 0.5) is 5.69 Å². The Bertz CT molecular complexity index is 1580. The van der Waals surface area contributed by atoms with E-state index in [9.17, 15) is 13.2 Å². The van der Waals surface area contributed by atoms with E-state index in [1.807, 2.05) is 48.5 Å². The fourth-order valence-corrected chi connectivity index (χ4v) is 8.90. The summed E-state index contributed by atoms with van der Waals surface area (Å²) < 4.78 is 29.6. The third-order valence-corrected chi connectivity index (χ3v) is 11.1. The summed E-state index contributed by atoms with van der Waals surface area (Å²) in [6.07, 6.45) is 3.03. The van der Waals surface area contributed by atoms with E-state index in [0.717, 1.165) is 39.6 Å². The summed E-state index contributed by atoms with van der Waals surface area (Å²) in [6.45, 7) is 0. The van der Waals surface area contributed by atoms with Crippen LogP contribution in [0.2, 0.25) is 0 Å². The number of amides is 1. The average molecular weight is 596 g/mol. The van der Waals surface area contributed by atoms with Gasteiger partial charge in [-0.05, 0) is 59.3 Å². The molecule has 0 saturated carbocycles. The van der Waals surface area contributed by atoms with Crippen LogP contribution in [0.25, 0.3) is 6.08 Å². The number of hydrogen-bond donors (Lipinski definition) is 0. The zero-order valence-electron chi connectivity index (χ0n) is 21.0. The summed E-state index contributed by atoms with van der Waals surface area (Å²) in [7, 11) is -1.46. The van der Waals surface area contributed by atoms with Crippen LogP contribution in [0, 0.1) is 0 Å². The minimum Gasteiger partial charge on any atom is -0.497 e. The van der Waals surface area contributed by atoms with E-state index >= 15 is 0 Å². The number of nitrogens with zero attached hydrogens (tertiary/aromatic N) is 3. The summed E-state index contributed by atoms with van der Waals surface area (Å²) in [5.74, 6) is 0.660. The first-order valence-electron chi connectivity index (χ1n) is 12.4. The van der Waals surface area contributed by atoms with Crippen LogP contribution in [0.5, 0.6) is 5.75 Å². The molecule has 1 aromatic heterocycles. The Balaban J connectivity index is 1.25. The van der Waals surface area contributed by atoms with Crippen molar-refractivity contribution in [2.45, 2.75) is 24.9 Å². The fraction of sp³-hybridized carbons (Fsp3) is 0.250. The molecule has 0 bridgehead atoms. The number of hydrogen-bond acceptors (Lipinski definition) is 9. The first-order valence-corrected chi connectivity index (χ1v) is 16.4. The van der Waals surface area contributed by atoms with Gasteiger partial charge in [0.2, 0.25) is 0 Å². The lowest BCUT2D eigenvalue weighted by Gasteiger charge is -2.24. The second kappa shape index (κ2) is 10.5. The van der Waals surface area contributed by atoms with Crippen LogP contribution in [0.15, 0.2) is 76.1 Å². The molecule has 3 aromatic rings. The third-order valence-electron chi connectivity index (χ3n) is 7.07. The molecule has 39 heavy (non-hydrogen) atoms. The van der Waals surface area contributed by atoms with Gasteiger partial charge in [-0.2, -0.15) is 5.10 Å². The topological polar surface area (TPSA) is 79.3 Å². The highest BCUT2D eigenvalue weighted by Gasteiger charge is 2.42. The third kappa shape index (κ3) is 5.28. The van der Waals surface area contributed by atoms with Crippen molar-refractivity contribution in [1.82, 2.24) is 4.90 Å². The van der Waals surface area contributed by atoms with E-state index < -0.39 is 9.84 Å². The number of rotatable bonds is 6. The Morgan fingerprint density at radius 3 is 2.51 bits per heavy atom. The number of thiocarbonyl (C=S) groups is 1. The Kier molecular flexibility index (Phi) is 7.09. The molecule has 2 atom stereocenters. The van der Waals surface area contributed by atoms with Gasteiger partial charge in [0.1, 0.15) is 10.1 Å². The predicted molar refractivity (Wildman–Crippen MR) is 162 cm³/mol. The van der Waals surface area contributed by atoms with Gasteiger partial charge < -0.3 is 4.74 Å². The van der Waals surface area contributed by atoms with Crippen molar-refractivity contribution >= 4 is 72.9 Å². The highest BCUT2D eigenvalue weighted by Crippen LogP contribution is 2.39. The van der Waals surface area contributed by atoms with Gasteiger partial charge in [0.05, 0.1) is 51.9 Å². The molecule has 2 fully saturated rings. The van der Waals surface area contributed by atoms with Gasteiger partial charge in [-0.15, -0.1) is 11.3 Å². The van der Waals surface area contributed by atoms with Crippen molar-refractivity contribution in [3.8, 4) is 5.75 Å². The standard InChI is InChI=1S/C28H25N3O4S4/c1-35-22-10-6-19(7-11-22)24-16-23(25-3-2-13-37-25)29-31(24)20-8-4-18(5-9-20)15-26-27(32)30(28(36)38-26)21-12-14-39(33,34)17-21/h2-11,13,15,21,24H,12,14,16-17H2,1H3/b26-15-/t21-,24+/m0/s1. The lowest BCUT2D eigenvalue weighted by molar-refractivity contribution is -0.123. The number of hydrazone groups is 1. The minimum atomic E-state index is -3.12. The summed E-state index contributed by atoms with van der Waals surface area (Å²) >= 11 is 8.35. The maximum atomic E-state index is 13.1. The number of sulfone groups is 1. The number of benzene rings is 2. The highest BCUT2D eigenvalue weighted by atomic mass is 32.2. The summed E-state index contributed by atoms with van der Waals surface area (Å²) in [5.41, 5.74) is 4.00. The molecule has 0 aliphatic carbocycles. The van der Waals surface area contributed by atoms with Crippen LogP contribution >= 0.6 is 35.3 Å². The van der Waals surface area contributed by atoms with Crippen LogP contribution in [-0.2, 0) is 14.6 Å². The fourth-order valence-electron chi connectivity index (χ4n) is 5.07. The van der Waals surface area contributed by atoms with Gasteiger partial charge in [0, 0.05) is 6.42 Å². The van der Waals surface area contributed by atoms with E-state index in [2.05, 4.69) is 28.6 Å². The van der Waals surface area contributed by atoms with Crippen molar-refractivity contribution in [2.24, 2.45) is 5.10 Å². The molecule has 3 aliphatic rings. The zero-order chi connectivity index (χ0) is 27.1. The van der Waals surface area contributed by atoms with Gasteiger partial charge in [0.15, 0.2) is 9.84 Å². The predicted octanol–water partition coefficient (Wildman–Crippen LogP) is 5.50. The molecule has 11 heteroatoms. The van der Waals surface area contributed by atoms with Crippen molar-refractivity contribution in [3.63, 3.8) is 0 Å². The van der Waals surface area contributed by atoms with Gasteiger partial charge in [-0.1, -0.05) is 54.3 Å². The molecule has 0 unspecified atom stereocenters. The molecule has 7 nitrogen and oxygen atoms in total. The first-order chi connectivity index (χ1) is 18.8. The van der Waals surface area contributed by atoms with Crippen LogP contribution < -0.4 is 9.75 Å². The lowest BCUT2D eigenvalue weighted by atomic mass is 10.0. The molecular weight excluding hydrogens is 571 g/mol. The summed E-state index contributed by atoms with van der Waals surface area (Å²) in [6, 6.07) is 19.8. The molecular formula is C28H25N3O4S4. The van der Waals surface area contributed by atoms with Crippen LogP contribution in [0.3, 0.4) is 0 Å². The number of ether oxygens (including phenoxy) is 1. The summed E-state index contributed by atoms with van der Waals surface area (Å²) in [5, 5.41) is 9.12. The SMILES string of the molecule is COc1ccc([C@H]2CC(c3cccs3)=NN2c2ccc(/C=C3\SC(=S)N([C@H]4CCS(=O)(=O)C4)C3=O)cc2)cc1. The Hall–Kier alpha value is -2.99. The second-order valence-electron chi connectivity index (χ2n) is 9.56. The molecule has 3 aliphatic heterocycles. The van der Waals surface area contributed by atoms with Crippen molar-refractivity contribution in [3.05, 3.63) is 87.0 Å². The number of carbonyl (C=O) groups excluding carboxylic acids is 1. The molecule has 4 heterocycles. The summed E-state index contributed by atoms with van der Waals surface area (Å²) in [4.78, 5) is 16.3.